The number of nitrogens with two attached hydrogens (primary N) is 1. The van der Waals surface area contributed by atoms with Gasteiger partial charge in [0, 0.05) is 6.54 Å². The van der Waals surface area contributed by atoms with Crippen molar-refractivity contribution in [3.63, 3.8) is 0 Å². The molecule has 1 atom stereocenters. The number of para-hydroxylation sites is 1. The lowest BCUT2D eigenvalue weighted by molar-refractivity contribution is 0.0883. The fourth-order valence-electron chi connectivity index (χ4n) is 1.05. The first-order valence-corrected chi connectivity index (χ1v) is 4.75. The van der Waals surface area contributed by atoms with Gasteiger partial charge in [-0.2, -0.15) is 0 Å². The Morgan fingerprint density at radius 1 is 1.43 bits per heavy atom. The molecule has 1 unspecified atom stereocenters. The Morgan fingerprint density at radius 2 is 2.07 bits per heavy atom. The summed E-state index contributed by atoms with van der Waals surface area (Å²) in [6.45, 7) is 4.21. The van der Waals surface area contributed by atoms with Gasteiger partial charge in [-0.1, -0.05) is 19.1 Å². The predicted molar refractivity (Wildman–Crippen MR) is 54.8 cm³/mol. The molecule has 2 N–H and O–H groups in total. The summed E-state index contributed by atoms with van der Waals surface area (Å²) in [5.74, 6) is -0.0806. The maximum atomic E-state index is 13.2. The zero-order valence-corrected chi connectivity index (χ0v) is 8.59. The molecule has 1 aromatic rings. The smallest absolute Gasteiger partial charge is 0.165 e. The van der Waals surface area contributed by atoms with Crippen molar-refractivity contribution in [3.05, 3.63) is 30.1 Å². The molecule has 0 fully saturated rings. The molecule has 0 aromatic heterocycles. The van der Waals surface area contributed by atoms with Gasteiger partial charge >= 0.3 is 0 Å². The van der Waals surface area contributed by atoms with Crippen LogP contribution in [0, 0.1) is 5.82 Å². The van der Waals surface area contributed by atoms with Crippen LogP contribution in [0.25, 0.3) is 0 Å². The van der Waals surface area contributed by atoms with Crippen LogP contribution in [-0.4, -0.2) is 12.1 Å². The second-order valence-electron chi connectivity index (χ2n) is 3.54. The van der Waals surface area contributed by atoms with Gasteiger partial charge in [0.15, 0.2) is 11.6 Å². The molecule has 0 amide bonds. The SMILES string of the molecule is CCC(C)(CN)Oc1ccccc1F. The van der Waals surface area contributed by atoms with Crippen LogP contribution < -0.4 is 10.5 Å². The fraction of sp³-hybridized carbons (Fsp3) is 0.455. The number of rotatable bonds is 4. The average molecular weight is 197 g/mol. The molecule has 1 rings (SSSR count). The fourth-order valence-corrected chi connectivity index (χ4v) is 1.05. The van der Waals surface area contributed by atoms with Crippen LogP contribution in [0.15, 0.2) is 24.3 Å². The third-order valence-electron chi connectivity index (χ3n) is 2.37. The molecule has 1 aromatic carbocycles. The van der Waals surface area contributed by atoms with Crippen LogP contribution in [0.4, 0.5) is 4.39 Å². The van der Waals surface area contributed by atoms with Gasteiger partial charge < -0.3 is 10.5 Å². The van der Waals surface area contributed by atoms with Gasteiger partial charge in [-0.25, -0.2) is 4.39 Å². The van der Waals surface area contributed by atoms with Crippen molar-refractivity contribution >= 4 is 0 Å². The minimum atomic E-state index is -0.484. The Morgan fingerprint density at radius 3 is 2.57 bits per heavy atom. The molecule has 0 aliphatic rings. The van der Waals surface area contributed by atoms with E-state index in [1.165, 1.54) is 6.07 Å². The summed E-state index contributed by atoms with van der Waals surface area (Å²) in [6, 6.07) is 6.36. The van der Waals surface area contributed by atoms with E-state index in [1.807, 2.05) is 13.8 Å². The van der Waals surface area contributed by atoms with Gasteiger partial charge in [0.05, 0.1) is 0 Å². The Bertz CT molecular complexity index is 297. The minimum Gasteiger partial charge on any atom is -0.483 e. The van der Waals surface area contributed by atoms with E-state index < -0.39 is 5.60 Å². The summed E-state index contributed by atoms with van der Waals surface area (Å²) in [5.41, 5.74) is 5.08. The number of ether oxygens (including phenoxy) is 1. The average Bonchev–Trinajstić information content (AvgIpc) is 2.21. The molecule has 3 heteroatoms. The van der Waals surface area contributed by atoms with Gasteiger partial charge in [0.2, 0.25) is 0 Å². The molecule has 0 aliphatic heterocycles. The van der Waals surface area contributed by atoms with Crippen molar-refractivity contribution in [2.45, 2.75) is 25.9 Å². The summed E-state index contributed by atoms with van der Waals surface area (Å²) in [7, 11) is 0. The third kappa shape index (κ3) is 2.45. The monoisotopic (exact) mass is 197 g/mol. The van der Waals surface area contributed by atoms with Crippen molar-refractivity contribution in [3.8, 4) is 5.75 Å². The van der Waals surface area contributed by atoms with Gasteiger partial charge in [-0.15, -0.1) is 0 Å². The van der Waals surface area contributed by atoms with Crippen LogP contribution in [-0.2, 0) is 0 Å². The topological polar surface area (TPSA) is 35.2 Å². The highest BCUT2D eigenvalue weighted by Gasteiger charge is 2.23. The molecular formula is C11H16FNO. The molecule has 0 saturated carbocycles. The number of halogens is 1. The second kappa shape index (κ2) is 4.42. The van der Waals surface area contributed by atoms with E-state index in [2.05, 4.69) is 0 Å². The Labute approximate surface area is 83.9 Å². The standard InChI is InChI=1S/C11H16FNO/c1-3-11(2,8-13)14-10-7-5-4-6-9(10)12/h4-7H,3,8,13H2,1-2H3. The Hall–Kier alpha value is -1.09. The molecule has 14 heavy (non-hydrogen) atoms. The molecule has 0 spiro atoms. The number of hydrogen-bond donors (Lipinski definition) is 1. The number of hydrogen-bond acceptors (Lipinski definition) is 2. The van der Waals surface area contributed by atoms with Crippen LogP contribution in [0.3, 0.4) is 0 Å². The van der Waals surface area contributed by atoms with Gasteiger partial charge in [-0.05, 0) is 25.5 Å². The molecule has 2 nitrogen and oxygen atoms in total. The molecule has 0 radical (unpaired) electrons. The lowest BCUT2D eigenvalue weighted by atomic mass is 10.0. The molecule has 0 aliphatic carbocycles. The van der Waals surface area contributed by atoms with Crippen LogP contribution >= 0.6 is 0 Å². The first-order chi connectivity index (χ1) is 6.61. The Balaban J connectivity index is 2.82. The summed E-state index contributed by atoms with van der Waals surface area (Å²) < 4.78 is 18.8. The van der Waals surface area contributed by atoms with Crippen molar-refractivity contribution < 1.29 is 9.13 Å². The highest BCUT2D eigenvalue weighted by Crippen LogP contribution is 2.22. The summed E-state index contributed by atoms with van der Waals surface area (Å²) in [5, 5.41) is 0. The summed E-state index contributed by atoms with van der Waals surface area (Å²) in [4.78, 5) is 0. The predicted octanol–water partition coefficient (Wildman–Crippen LogP) is 2.33. The van der Waals surface area contributed by atoms with E-state index in [1.54, 1.807) is 18.2 Å². The zero-order valence-electron chi connectivity index (χ0n) is 8.59. The zero-order chi connectivity index (χ0) is 10.6. The summed E-state index contributed by atoms with van der Waals surface area (Å²) in [6.07, 6.45) is 0.748. The van der Waals surface area contributed by atoms with Crippen molar-refractivity contribution in [1.82, 2.24) is 0 Å². The quantitative estimate of drug-likeness (QED) is 0.804. The molecule has 78 valence electrons. The van der Waals surface area contributed by atoms with E-state index >= 15 is 0 Å². The van der Waals surface area contributed by atoms with E-state index in [9.17, 15) is 4.39 Å². The highest BCUT2D eigenvalue weighted by atomic mass is 19.1. The van der Waals surface area contributed by atoms with Crippen LogP contribution in [0.1, 0.15) is 20.3 Å². The first kappa shape index (κ1) is 11.0. The molecule has 0 heterocycles. The largest absolute Gasteiger partial charge is 0.483 e. The maximum Gasteiger partial charge on any atom is 0.165 e. The van der Waals surface area contributed by atoms with Gasteiger partial charge in [0.25, 0.3) is 0 Å². The lowest BCUT2D eigenvalue weighted by Crippen LogP contribution is -2.40. The van der Waals surface area contributed by atoms with Crippen LogP contribution in [0.2, 0.25) is 0 Å². The minimum absolute atomic E-state index is 0.266. The first-order valence-electron chi connectivity index (χ1n) is 4.75. The van der Waals surface area contributed by atoms with Crippen molar-refractivity contribution in [2.75, 3.05) is 6.54 Å². The molecular weight excluding hydrogens is 181 g/mol. The normalized spacial score (nSPS) is 14.9. The van der Waals surface area contributed by atoms with Gasteiger partial charge in [0.1, 0.15) is 5.60 Å². The van der Waals surface area contributed by atoms with Crippen molar-refractivity contribution in [2.24, 2.45) is 5.73 Å². The highest BCUT2D eigenvalue weighted by molar-refractivity contribution is 5.24. The Kier molecular flexibility index (Phi) is 3.47. The van der Waals surface area contributed by atoms with Crippen molar-refractivity contribution in [1.29, 1.82) is 0 Å². The van der Waals surface area contributed by atoms with Crippen LogP contribution in [0.5, 0.6) is 5.75 Å². The van der Waals surface area contributed by atoms with E-state index in [4.69, 9.17) is 10.5 Å². The second-order valence-corrected chi connectivity index (χ2v) is 3.54. The number of benzene rings is 1. The lowest BCUT2D eigenvalue weighted by Gasteiger charge is -2.28. The summed E-state index contributed by atoms with van der Waals surface area (Å²) >= 11 is 0. The van der Waals surface area contributed by atoms with Gasteiger partial charge in [-0.3, -0.25) is 0 Å². The van der Waals surface area contributed by atoms with E-state index in [0.29, 0.717) is 6.54 Å². The third-order valence-corrected chi connectivity index (χ3v) is 2.37. The maximum absolute atomic E-state index is 13.2. The van der Waals surface area contributed by atoms with E-state index in [-0.39, 0.29) is 11.6 Å². The molecule has 0 saturated heterocycles. The molecule has 0 bridgehead atoms. The van der Waals surface area contributed by atoms with E-state index in [0.717, 1.165) is 6.42 Å².